The number of thioether (sulfide) groups is 1. The van der Waals surface area contributed by atoms with Crippen molar-refractivity contribution >= 4 is 29.0 Å². The first-order chi connectivity index (χ1) is 13.5. The molecule has 1 amide bonds. The van der Waals surface area contributed by atoms with Crippen LogP contribution in [0, 0.1) is 15.9 Å². The van der Waals surface area contributed by atoms with E-state index in [1.807, 2.05) is 0 Å². The summed E-state index contributed by atoms with van der Waals surface area (Å²) in [5.74, 6) is -0.484. The number of nitro benzene ring substituents is 1. The van der Waals surface area contributed by atoms with E-state index in [9.17, 15) is 19.3 Å². The fourth-order valence-electron chi connectivity index (χ4n) is 2.19. The average Bonchev–Trinajstić information content (AvgIpc) is 3.16. The number of nitrogens with zero attached hydrogens (tertiary/aromatic N) is 3. The summed E-state index contributed by atoms with van der Waals surface area (Å²) >= 11 is 0.967. The highest BCUT2D eigenvalue weighted by molar-refractivity contribution is 7.99. The third kappa shape index (κ3) is 4.62. The fraction of sp³-hybridized carbons (Fsp3) is 0.118. The fourth-order valence-corrected chi connectivity index (χ4v) is 2.75. The summed E-state index contributed by atoms with van der Waals surface area (Å²) in [6.45, 7) is 0. The number of nitro groups is 1. The third-order valence-corrected chi connectivity index (χ3v) is 4.32. The second-order valence-electron chi connectivity index (χ2n) is 5.36. The highest BCUT2D eigenvalue weighted by atomic mass is 32.2. The molecule has 0 atom stereocenters. The molecule has 1 heterocycles. The Balaban J connectivity index is 1.62. The Morgan fingerprint density at radius 2 is 2.04 bits per heavy atom. The number of aromatic nitrogens is 2. The van der Waals surface area contributed by atoms with Crippen LogP contribution in [-0.4, -0.2) is 33.9 Å². The van der Waals surface area contributed by atoms with E-state index in [2.05, 4.69) is 15.5 Å². The first-order valence-corrected chi connectivity index (χ1v) is 8.79. The van der Waals surface area contributed by atoms with E-state index in [1.54, 1.807) is 0 Å². The van der Waals surface area contributed by atoms with Crippen molar-refractivity contribution in [3.8, 4) is 17.2 Å². The molecule has 1 N–H and O–H groups in total. The first kappa shape index (κ1) is 19.3. The topological polar surface area (TPSA) is 120 Å². The molecular formula is C17H13FN4O5S. The maximum atomic E-state index is 13.0. The summed E-state index contributed by atoms with van der Waals surface area (Å²) < 4.78 is 23.3. The molecule has 11 heteroatoms. The molecule has 0 aliphatic rings. The maximum absolute atomic E-state index is 13.0. The molecule has 28 heavy (non-hydrogen) atoms. The molecule has 0 aliphatic heterocycles. The van der Waals surface area contributed by atoms with Crippen molar-refractivity contribution in [2.75, 3.05) is 18.2 Å². The van der Waals surface area contributed by atoms with Gasteiger partial charge in [-0.2, -0.15) is 0 Å². The van der Waals surface area contributed by atoms with Crippen molar-refractivity contribution < 1.29 is 23.3 Å². The van der Waals surface area contributed by atoms with Crippen molar-refractivity contribution in [2.45, 2.75) is 5.22 Å². The molecule has 0 saturated heterocycles. The summed E-state index contributed by atoms with van der Waals surface area (Å²) in [6, 6.07) is 9.63. The average molecular weight is 404 g/mol. The molecule has 144 valence electrons. The minimum Gasteiger partial charge on any atom is -0.496 e. The maximum Gasteiger partial charge on any atom is 0.296 e. The van der Waals surface area contributed by atoms with Gasteiger partial charge in [-0.3, -0.25) is 14.9 Å². The number of hydrogen-bond acceptors (Lipinski definition) is 8. The monoisotopic (exact) mass is 404 g/mol. The van der Waals surface area contributed by atoms with Gasteiger partial charge in [0.25, 0.3) is 10.9 Å². The van der Waals surface area contributed by atoms with Crippen LogP contribution in [0.5, 0.6) is 5.75 Å². The highest BCUT2D eigenvalue weighted by Crippen LogP contribution is 2.29. The van der Waals surface area contributed by atoms with E-state index in [4.69, 9.17) is 9.15 Å². The van der Waals surface area contributed by atoms with Gasteiger partial charge in [0.2, 0.25) is 11.8 Å². The largest absolute Gasteiger partial charge is 0.496 e. The van der Waals surface area contributed by atoms with Crippen LogP contribution in [0.3, 0.4) is 0 Å². The lowest BCUT2D eigenvalue weighted by molar-refractivity contribution is -0.384. The number of rotatable bonds is 7. The van der Waals surface area contributed by atoms with Crippen LogP contribution in [0.2, 0.25) is 0 Å². The number of carbonyl (C=O) groups is 1. The van der Waals surface area contributed by atoms with Gasteiger partial charge < -0.3 is 14.5 Å². The van der Waals surface area contributed by atoms with Gasteiger partial charge in [-0.15, -0.1) is 10.2 Å². The Hall–Kier alpha value is -3.47. The summed E-state index contributed by atoms with van der Waals surface area (Å²) in [4.78, 5) is 22.6. The molecule has 0 fully saturated rings. The van der Waals surface area contributed by atoms with Crippen molar-refractivity contribution in [1.29, 1.82) is 0 Å². The lowest BCUT2D eigenvalue weighted by Crippen LogP contribution is -2.15. The van der Waals surface area contributed by atoms with E-state index in [0.29, 0.717) is 11.3 Å². The van der Waals surface area contributed by atoms with Gasteiger partial charge in [-0.25, -0.2) is 4.39 Å². The van der Waals surface area contributed by atoms with Gasteiger partial charge in [0.05, 0.1) is 23.9 Å². The summed E-state index contributed by atoms with van der Waals surface area (Å²) in [7, 11) is 1.39. The van der Waals surface area contributed by atoms with Gasteiger partial charge >= 0.3 is 0 Å². The number of halogens is 1. The van der Waals surface area contributed by atoms with Crippen LogP contribution in [0.15, 0.2) is 52.1 Å². The smallest absolute Gasteiger partial charge is 0.296 e. The molecule has 1 aromatic heterocycles. The van der Waals surface area contributed by atoms with Crippen molar-refractivity contribution in [2.24, 2.45) is 0 Å². The molecule has 0 aliphatic carbocycles. The lowest BCUT2D eigenvalue weighted by Gasteiger charge is -2.06. The number of ether oxygens (including phenoxy) is 1. The SMILES string of the molecule is COc1ccc(NC(=O)CSc2nnc(-c3ccc(F)cc3)o2)c([N+](=O)[O-])c1. The summed E-state index contributed by atoms with van der Waals surface area (Å²) in [5, 5.41) is 21.4. The van der Waals surface area contributed by atoms with E-state index in [-0.39, 0.29) is 34.1 Å². The number of anilines is 1. The number of nitrogens with one attached hydrogen (secondary N) is 1. The van der Waals surface area contributed by atoms with E-state index in [0.717, 1.165) is 11.8 Å². The van der Waals surface area contributed by atoms with Crippen LogP contribution in [0.25, 0.3) is 11.5 Å². The van der Waals surface area contributed by atoms with Gasteiger partial charge in [0.1, 0.15) is 17.3 Å². The van der Waals surface area contributed by atoms with Gasteiger partial charge in [0.15, 0.2) is 0 Å². The Labute approximate surface area is 162 Å². The predicted molar refractivity (Wildman–Crippen MR) is 98.7 cm³/mol. The van der Waals surface area contributed by atoms with E-state index in [1.165, 1.54) is 49.6 Å². The molecular weight excluding hydrogens is 391 g/mol. The first-order valence-electron chi connectivity index (χ1n) is 7.81. The molecule has 0 spiro atoms. The summed E-state index contributed by atoms with van der Waals surface area (Å²) in [6.07, 6.45) is 0. The molecule has 0 radical (unpaired) electrons. The highest BCUT2D eigenvalue weighted by Gasteiger charge is 2.18. The molecule has 0 saturated carbocycles. The van der Waals surface area contributed by atoms with Crippen LogP contribution in [-0.2, 0) is 4.79 Å². The molecule has 2 aromatic carbocycles. The Bertz CT molecular complexity index is 1010. The van der Waals surface area contributed by atoms with Crippen LogP contribution in [0.1, 0.15) is 0 Å². The Morgan fingerprint density at radius 1 is 1.29 bits per heavy atom. The molecule has 3 aromatic rings. The lowest BCUT2D eigenvalue weighted by atomic mass is 10.2. The number of methoxy groups -OCH3 is 1. The minimum atomic E-state index is -0.613. The Morgan fingerprint density at radius 3 is 2.71 bits per heavy atom. The predicted octanol–water partition coefficient (Wildman–Crippen LogP) is 3.52. The number of carbonyl (C=O) groups excluding carboxylic acids is 1. The number of hydrogen-bond donors (Lipinski definition) is 1. The van der Waals surface area contributed by atoms with Crippen molar-refractivity contribution in [3.63, 3.8) is 0 Å². The quantitative estimate of drug-likeness (QED) is 0.361. The zero-order valence-electron chi connectivity index (χ0n) is 14.4. The van der Waals surface area contributed by atoms with Gasteiger partial charge in [-0.1, -0.05) is 11.8 Å². The molecule has 0 unspecified atom stereocenters. The zero-order chi connectivity index (χ0) is 20.1. The van der Waals surface area contributed by atoms with E-state index >= 15 is 0 Å². The number of benzene rings is 2. The third-order valence-electron chi connectivity index (χ3n) is 3.50. The second-order valence-corrected chi connectivity index (χ2v) is 6.28. The molecule has 3 rings (SSSR count). The molecule has 0 bridgehead atoms. The van der Waals surface area contributed by atoms with Crippen molar-refractivity contribution in [1.82, 2.24) is 10.2 Å². The van der Waals surface area contributed by atoms with Crippen LogP contribution >= 0.6 is 11.8 Å². The van der Waals surface area contributed by atoms with Gasteiger partial charge in [0, 0.05) is 5.56 Å². The molecule has 9 nitrogen and oxygen atoms in total. The minimum absolute atomic E-state index is 0.0499. The summed E-state index contributed by atoms with van der Waals surface area (Å²) in [5.41, 5.74) is 0.307. The second kappa shape index (κ2) is 8.48. The standard InChI is InChI=1S/C17H13FN4O5S/c1-26-12-6-7-13(14(8-12)22(24)25)19-15(23)9-28-17-21-20-16(27-17)10-2-4-11(18)5-3-10/h2-8H,9H2,1H3,(H,19,23). The zero-order valence-corrected chi connectivity index (χ0v) is 15.2. The normalized spacial score (nSPS) is 10.5. The van der Waals surface area contributed by atoms with Crippen molar-refractivity contribution in [3.05, 3.63) is 58.4 Å². The number of amides is 1. The van der Waals surface area contributed by atoms with E-state index < -0.39 is 10.8 Å². The van der Waals surface area contributed by atoms with Gasteiger partial charge in [-0.05, 0) is 36.4 Å². The Kier molecular flexibility index (Phi) is 5.84. The van der Waals surface area contributed by atoms with Crippen LogP contribution in [0.4, 0.5) is 15.8 Å². The van der Waals surface area contributed by atoms with Crippen LogP contribution < -0.4 is 10.1 Å².